The normalized spacial score (nSPS) is 13.8. The van der Waals surface area contributed by atoms with Gasteiger partial charge in [0.2, 0.25) is 0 Å². The van der Waals surface area contributed by atoms with Crippen LogP contribution in [0.2, 0.25) is 0 Å². The molecule has 0 fully saturated rings. The second kappa shape index (κ2) is 6.85. The molecule has 0 saturated carbocycles. The van der Waals surface area contributed by atoms with Crippen LogP contribution < -0.4 is 10.2 Å². The van der Waals surface area contributed by atoms with Crippen molar-refractivity contribution in [3.05, 3.63) is 34.9 Å². The number of aryl methyl sites for hydroxylation is 2. The van der Waals surface area contributed by atoms with Gasteiger partial charge in [0.25, 0.3) is 0 Å². The van der Waals surface area contributed by atoms with Crippen molar-refractivity contribution in [1.82, 2.24) is 15.2 Å². The molecule has 0 unspecified atom stereocenters. The average Bonchev–Trinajstić information content (AvgIpc) is 2.95. The van der Waals surface area contributed by atoms with Gasteiger partial charge >= 0.3 is 0 Å². The number of aromatic nitrogens is 1. The maximum atomic E-state index is 4.94. The Morgan fingerprint density at radius 3 is 2.48 bits per heavy atom. The van der Waals surface area contributed by atoms with Crippen molar-refractivity contribution in [3.8, 4) is 0 Å². The summed E-state index contributed by atoms with van der Waals surface area (Å²) >= 11 is 0. The Kier molecular flexibility index (Phi) is 4.83. The van der Waals surface area contributed by atoms with E-state index in [4.69, 9.17) is 4.98 Å². The summed E-state index contributed by atoms with van der Waals surface area (Å²) in [5, 5.41) is 4.82. The first-order chi connectivity index (χ1) is 11.0. The fourth-order valence-corrected chi connectivity index (χ4v) is 3.32. The summed E-state index contributed by atoms with van der Waals surface area (Å²) < 4.78 is 0. The monoisotopic (exact) mass is 312 g/mol. The number of anilines is 1. The number of hydrogen-bond acceptors (Lipinski definition) is 4. The molecule has 0 aliphatic heterocycles. The van der Waals surface area contributed by atoms with E-state index < -0.39 is 0 Å². The van der Waals surface area contributed by atoms with Gasteiger partial charge in [-0.2, -0.15) is 0 Å². The van der Waals surface area contributed by atoms with Crippen LogP contribution in [0.1, 0.15) is 23.1 Å². The minimum atomic E-state index is 0.862. The highest BCUT2D eigenvalue weighted by molar-refractivity contribution is 5.83. The Hall–Kier alpha value is -1.65. The molecule has 0 bridgehead atoms. The van der Waals surface area contributed by atoms with Crippen molar-refractivity contribution in [2.45, 2.75) is 25.8 Å². The minimum Gasteiger partial charge on any atom is -0.362 e. The van der Waals surface area contributed by atoms with E-state index in [1.165, 1.54) is 41.3 Å². The Balaban J connectivity index is 1.88. The summed E-state index contributed by atoms with van der Waals surface area (Å²) in [5.74, 6) is 1.08. The molecule has 1 aliphatic carbocycles. The standard InChI is InChI=1S/C19H28N4/c1-22(2)9-8-20-13-17-11-16-10-14-6-5-7-15(14)12-18(16)21-19(17)23(3)4/h10-12,20H,5-9,13H2,1-4H3. The first-order valence-corrected chi connectivity index (χ1v) is 8.53. The molecule has 1 heterocycles. The minimum absolute atomic E-state index is 0.862. The van der Waals surface area contributed by atoms with Gasteiger partial charge in [0.15, 0.2) is 0 Å². The second-order valence-electron chi connectivity index (χ2n) is 7.01. The summed E-state index contributed by atoms with van der Waals surface area (Å²) in [7, 11) is 8.35. The number of rotatable bonds is 6. The molecule has 1 aliphatic rings. The molecule has 0 spiro atoms. The Bertz CT molecular complexity index is 691. The number of pyridine rings is 1. The lowest BCUT2D eigenvalue weighted by Gasteiger charge is -2.19. The summed E-state index contributed by atoms with van der Waals surface area (Å²) in [4.78, 5) is 9.26. The van der Waals surface area contributed by atoms with E-state index in [9.17, 15) is 0 Å². The number of fused-ring (bicyclic) bond motifs is 2. The highest BCUT2D eigenvalue weighted by atomic mass is 15.1. The van der Waals surface area contributed by atoms with Gasteiger partial charge in [0, 0.05) is 44.7 Å². The van der Waals surface area contributed by atoms with Crippen LogP contribution in [-0.4, -0.2) is 51.2 Å². The molecule has 2 aromatic rings. The van der Waals surface area contributed by atoms with Gasteiger partial charge < -0.3 is 15.1 Å². The van der Waals surface area contributed by atoms with E-state index in [0.717, 1.165) is 31.0 Å². The van der Waals surface area contributed by atoms with Crippen molar-refractivity contribution in [2.75, 3.05) is 46.2 Å². The van der Waals surface area contributed by atoms with E-state index in [0.29, 0.717) is 0 Å². The molecule has 1 aromatic carbocycles. The molecule has 3 rings (SSSR count). The van der Waals surface area contributed by atoms with Crippen LogP contribution in [-0.2, 0) is 19.4 Å². The van der Waals surface area contributed by atoms with Gasteiger partial charge in [-0.15, -0.1) is 0 Å². The molecular weight excluding hydrogens is 284 g/mol. The third kappa shape index (κ3) is 3.65. The first kappa shape index (κ1) is 16.2. The van der Waals surface area contributed by atoms with E-state index in [1.807, 2.05) is 0 Å². The molecule has 0 radical (unpaired) electrons. The number of likely N-dealkylation sites (N-methyl/N-ethyl adjacent to an activating group) is 1. The highest BCUT2D eigenvalue weighted by Crippen LogP contribution is 2.29. The molecule has 4 heteroatoms. The quantitative estimate of drug-likeness (QED) is 0.830. The zero-order valence-electron chi connectivity index (χ0n) is 14.8. The average molecular weight is 312 g/mol. The van der Waals surface area contributed by atoms with Crippen molar-refractivity contribution < 1.29 is 0 Å². The maximum Gasteiger partial charge on any atom is 0.133 e. The Labute approximate surface area is 139 Å². The smallest absolute Gasteiger partial charge is 0.133 e. The third-order valence-electron chi connectivity index (χ3n) is 4.56. The molecule has 0 amide bonds. The topological polar surface area (TPSA) is 31.4 Å². The highest BCUT2D eigenvalue weighted by Gasteiger charge is 2.15. The van der Waals surface area contributed by atoms with Gasteiger partial charge in [-0.25, -0.2) is 4.98 Å². The van der Waals surface area contributed by atoms with Crippen molar-refractivity contribution in [3.63, 3.8) is 0 Å². The van der Waals surface area contributed by atoms with Crippen molar-refractivity contribution in [1.29, 1.82) is 0 Å². The van der Waals surface area contributed by atoms with E-state index in [-0.39, 0.29) is 0 Å². The van der Waals surface area contributed by atoms with Gasteiger partial charge in [0.05, 0.1) is 5.52 Å². The summed E-state index contributed by atoms with van der Waals surface area (Å²) in [6, 6.07) is 6.97. The van der Waals surface area contributed by atoms with Gasteiger partial charge in [-0.05, 0) is 62.7 Å². The molecule has 4 nitrogen and oxygen atoms in total. The van der Waals surface area contributed by atoms with Crippen LogP contribution in [0.4, 0.5) is 5.82 Å². The van der Waals surface area contributed by atoms with Crippen LogP contribution in [0.15, 0.2) is 18.2 Å². The summed E-state index contributed by atoms with van der Waals surface area (Å²) in [6.07, 6.45) is 3.71. The lowest BCUT2D eigenvalue weighted by atomic mass is 10.0. The fourth-order valence-electron chi connectivity index (χ4n) is 3.32. The SMILES string of the molecule is CN(C)CCNCc1cc2cc3c(cc2nc1N(C)C)CCC3. The van der Waals surface area contributed by atoms with Gasteiger partial charge in [-0.3, -0.25) is 0 Å². The number of hydrogen-bond donors (Lipinski definition) is 1. The van der Waals surface area contributed by atoms with Gasteiger partial charge in [0.1, 0.15) is 5.82 Å². The fraction of sp³-hybridized carbons (Fsp3) is 0.526. The van der Waals surface area contributed by atoms with Crippen LogP contribution in [0, 0.1) is 0 Å². The van der Waals surface area contributed by atoms with Crippen LogP contribution in [0.3, 0.4) is 0 Å². The number of benzene rings is 1. The molecule has 0 atom stereocenters. The summed E-state index contributed by atoms with van der Waals surface area (Å²) in [6.45, 7) is 2.90. The Morgan fingerprint density at radius 2 is 1.78 bits per heavy atom. The number of nitrogens with zero attached hydrogens (tertiary/aromatic N) is 3. The molecule has 23 heavy (non-hydrogen) atoms. The molecule has 1 N–H and O–H groups in total. The van der Waals surface area contributed by atoms with E-state index in [2.05, 4.69) is 61.5 Å². The van der Waals surface area contributed by atoms with E-state index in [1.54, 1.807) is 0 Å². The maximum absolute atomic E-state index is 4.94. The van der Waals surface area contributed by atoms with E-state index >= 15 is 0 Å². The molecule has 0 saturated heterocycles. The molecular formula is C19H28N4. The third-order valence-corrected chi connectivity index (χ3v) is 4.56. The zero-order chi connectivity index (χ0) is 16.4. The lowest BCUT2D eigenvalue weighted by Crippen LogP contribution is -2.27. The molecule has 124 valence electrons. The lowest BCUT2D eigenvalue weighted by molar-refractivity contribution is 0.400. The molecule has 1 aromatic heterocycles. The van der Waals surface area contributed by atoms with Crippen molar-refractivity contribution >= 4 is 16.7 Å². The van der Waals surface area contributed by atoms with Crippen LogP contribution in [0.5, 0.6) is 0 Å². The van der Waals surface area contributed by atoms with Crippen LogP contribution >= 0.6 is 0 Å². The van der Waals surface area contributed by atoms with Crippen LogP contribution in [0.25, 0.3) is 10.9 Å². The van der Waals surface area contributed by atoms with Crippen molar-refractivity contribution in [2.24, 2.45) is 0 Å². The number of nitrogens with one attached hydrogen (secondary N) is 1. The van der Waals surface area contributed by atoms with Gasteiger partial charge in [-0.1, -0.05) is 0 Å². The first-order valence-electron chi connectivity index (χ1n) is 8.53. The largest absolute Gasteiger partial charge is 0.362 e. The summed E-state index contributed by atoms with van der Waals surface area (Å²) in [5.41, 5.74) is 5.42. The predicted molar refractivity (Wildman–Crippen MR) is 98.4 cm³/mol. The predicted octanol–water partition coefficient (Wildman–Crippen LogP) is 2.44. The Morgan fingerprint density at radius 1 is 1.04 bits per heavy atom. The second-order valence-corrected chi connectivity index (χ2v) is 7.01. The zero-order valence-corrected chi connectivity index (χ0v) is 14.8.